The summed E-state index contributed by atoms with van der Waals surface area (Å²) in [6.07, 6.45) is 3.89. The van der Waals surface area contributed by atoms with Gasteiger partial charge in [-0.1, -0.05) is 20.8 Å². The molecule has 1 aliphatic rings. The molecule has 2 heteroatoms. The molecule has 2 nitrogen and oxygen atoms in total. The molecule has 1 N–H and O–H groups in total. The summed E-state index contributed by atoms with van der Waals surface area (Å²) >= 11 is 0. The second kappa shape index (κ2) is 5.71. The highest BCUT2D eigenvalue weighted by molar-refractivity contribution is 4.84. The van der Waals surface area contributed by atoms with Crippen LogP contribution >= 0.6 is 0 Å². The summed E-state index contributed by atoms with van der Waals surface area (Å²) in [6.45, 7) is 15.4. The highest BCUT2D eigenvalue weighted by atomic mass is 16.5. The minimum atomic E-state index is -0.00758. The quantitative estimate of drug-likeness (QED) is 0.767. The molecule has 0 aromatic rings. The van der Waals surface area contributed by atoms with E-state index in [4.69, 9.17) is 4.74 Å². The Kier molecular flexibility index (Phi) is 5.03. The van der Waals surface area contributed by atoms with Crippen molar-refractivity contribution in [2.24, 2.45) is 11.3 Å². The summed E-state index contributed by atoms with van der Waals surface area (Å²) < 4.78 is 5.85. The maximum atomic E-state index is 5.85. The lowest BCUT2D eigenvalue weighted by Crippen LogP contribution is -2.34. The predicted molar refractivity (Wildman–Crippen MR) is 74.3 cm³/mol. The fourth-order valence-corrected chi connectivity index (χ4v) is 1.95. The number of nitrogens with one attached hydrogen (secondary N) is 1. The van der Waals surface area contributed by atoms with Crippen molar-refractivity contribution in [2.45, 2.75) is 72.4 Å². The van der Waals surface area contributed by atoms with E-state index in [0.717, 1.165) is 25.6 Å². The molecular weight excluding hydrogens is 210 g/mol. The van der Waals surface area contributed by atoms with Crippen LogP contribution in [0.4, 0.5) is 0 Å². The Hall–Kier alpha value is -0.0800. The van der Waals surface area contributed by atoms with Gasteiger partial charge in [-0.05, 0) is 57.9 Å². The van der Waals surface area contributed by atoms with E-state index in [1.54, 1.807) is 0 Å². The first-order valence-corrected chi connectivity index (χ1v) is 7.06. The summed E-state index contributed by atoms with van der Waals surface area (Å²) in [7, 11) is 0. The standard InChI is InChI=1S/C15H31NO/c1-14(2,3)12(11-16-13-7-8-13)9-10-17-15(4,5)6/h12-13,16H,7-11H2,1-6H3. The first-order valence-electron chi connectivity index (χ1n) is 7.06. The summed E-state index contributed by atoms with van der Waals surface area (Å²) in [6, 6.07) is 0.809. The minimum Gasteiger partial charge on any atom is -0.376 e. The van der Waals surface area contributed by atoms with Gasteiger partial charge in [-0.15, -0.1) is 0 Å². The van der Waals surface area contributed by atoms with Crippen LogP contribution in [0.15, 0.2) is 0 Å². The molecule has 0 heterocycles. The fraction of sp³-hybridized carbons (Fsp3) is 1.00. The van der Waals surface area contributed by atoms with Gasteiger partial charge in [-0.3, -0.25) is 0 Å². The molecule has 1 rings (SSSR count). The Morgan fingerprint density at radius 1 is 1.12 bits per heavy atom. The van der Waals surface area contributed by atoms with Crippen LogP contribution in [0, 0.1) is 11.3 Å². The first kappa shape index (κ1) is 15.0. The molecule has 0 amide bonds. The molecule has 1 unspecified atom stereocenters. The van der Waals surface area contributed by atoms with Crippen LogP contribution in [0.5, 0.6) is 0 Å². The van der Waals surface area contributed by atoms with Gasteiger partial charge in [-0.25, -0.2) is 0 Å². The fourth-order valence-electron chi connectivity index (χ4n) is 1.95. The van der Waals surface area contributed by atoms with Crippen molar-refractivity contribution < 1.29 is 4.74 Å². The summed E-state index contributed by atoms with van der Waals surface area (Å²) in [5, 5.41) is 3.66. The molecule has 1 saturated carbocycles. The maximum Gasteiger partial charge on any atom is 0.0598 e. The topological polar surface area (TPSA) is 21.3 Å². The zero-order valence-corrected chi connectivity index (χ0v) is 12.6. The van der Waals surface area contributed by atoms with Gasteiger partial charge in [0.25, 0.3) is 0 Å². The van der Waals surface area contributed by atoms with E-state index >= 15 is 0 Å². The van der Waals surface area contributed by atoms with Crippen LogP contribution in [-0.2, 0) is 4.74 Å². The van der Waals surface area contributed by atoms with Crippen molar-refractivity contribution in [1.29, 1.82) is 0 Å². The predicted octanol–water partition coefficient (Wildman–Crippen LogP) is 3.61. The zero-order chi connectivity index (χ0) is 13.1. The first-order chi connectivity index (χ1) is 7.68. The van der Waals surface area contributed by atoms with E-state index in [9.17, 15) is 0 Å². The lowest BCUT2D eigenvalue weighted by molar-refractivity contribution is -0.0155. The molecule has 102 valence electrons. The second-order valence-corrected chi connectivity index (χ2v) is 7.49. The molecule has 0 aromatic heterocycles. The van der Waals surface area contributed by atoms with E-state index in [0.29, 0.717) is 11.3 Å². The van der Waals surface area contributed by atoms with Gasteiger partial charge in [-0.2, -0.15) is 0 Å². The molecule has 1 fully saturated rings. The summed E-state index contributed by atoms with van der Waals surface area (Å²) in [4.78, 5) is 0. The van der Waals surface area contributed by atoms with Crippen molar-refractivity contribution in [3.63, 3.8) is 0 Å². The minimum absolute atomic E-state index is 0.00758. The van der Waals surface area contributed by atoms with Gasteiger partial charge in [0.05, 0.1) is 5.60 Å². The van der Waals surface area contributed by atoms with E-state index < -0.39 is 0 Å². The van der Waals surface area contributed by atoms with Crippen LogP contribution in [0.2, 0.25) is 0 Å². The van der Waals surface area contributed by atoms with Crippen LogP contribution in [-0.4, -0.2) is 24.8 Å². The molecule has 0 radical (unpaired) electrons. The molecule has 1 atom stereocenters. The average molecular weight is 241 g/mol. The monoisotopic (exact) mass is 241 g/mol. The highest BCUT2D eigenvalue weighted by Gasteiger charge is 2.28. The molecule has 17 heavy (non-hydrogen) atoms. The molecule has 0 aromatic carbocycles. The number of hydrogen-bond donors (Lipinski definition) is 1. The third kappa shape index (κ3) is 7.05. The highest BCUT2D eigenvalue weighted by Crippen LogP contribution is 2.30. The van der Waals surface area contributed by atoms with Gasteiger partial charge in [0, 0.05) is 12.6 Å². The molecule has 0 aliphatic heterocycles. The van der Waals surface area contributed by atoms with Crippen molar-refractivity contribution in [3.8, 4) is 0 Å². The van der Waals surface area contributed by atoms with Gasteiger partial charge >= 0.3 is 0 Å². The van der Waals surface area contributed by atoms with E-state index in [2.05, 4.69) is 46.9 Å². The summed E-state index contributed by atoms with van der Waals surface area (Å²) in [5.41, 5.74) is 0.357. The Bertz CT molecular complexity index is 220. The number of rotatable bonds is 6. The molecule has 0 saturated heterocycles. The SMILES string of the molecule is CC(C)(C)OCCC(CNC1CC1)C(C)(C)C. The average Bonchev–Trinajstić information content (AvgIpc) is 2.90. The van der Waals surface area contributed by atoms with Crippen molar-refractivity contribution in [2.75, 3.05) is 13.2 Å². The zero-order valence-electron chi connectivity index (χ0n) is 12.6. The molecule has 0 bridgehead atoms. The van der Waals surface area contributed by atoms with Gasteiger partial charge in [0.15, 0.2) is 0 Å². The van der Waals surface area contributed by atoms with Crippen molar-refractivity contribution in [1.82, 2.24) is 5.32 Å². The molecule has 0 spiro atoms. The maximum absolute atomic E-state index is 5.85. The van der Waals surface area contributed by atoms with Gasteiger partial charge < -0.3 is 10.1 Å². The van der Waals surface area contributed by atoms with Crippen LogP contribution < -0.4 is 5.32 Å². The Morgan fingerprint density at radius 3 is 2.12 bits per heavy atom. The normalized spacial score (nSPS) is 19.4. The third-order valence-corrected chi connectivity index (χ3v) is 3.46. The molecule has 1 aliphatic carbocycles. The van der Waals surface area contributed by atoms with E-state index in [1.807, 2.05) is 0 Å². The Balaban J connectivity index is 2.29. The van der Waals surface area contributed by atoms with E-state index in [1.165, 1.54) is 12.8 Å². The second-order valence-electron chi connectivity index (χ2n) is 7.49. The largest absolute Gasteiger partial charge is 0.376 e. The number of ether oxygens (including phenoxy) is 1. The van der Waals surface area contributed by atoms with Crippen LogP contribution in [0.25, 0.3) is 0 Å². The Labute approximate surface area is 108 Å². The lowest BCUT2D eigenvalue weighted by atomic mass is 9.79. The van der Waals surface area contributed by atoms with Crippen molar-refractivity contribution in [3.05, 3.63) is 0 Å². The Morgan fingerprint density at radius 2 is 1.71 bits per heavy atom. The van der Waals surface area contributed by atoms with Gasteiger partial charge in [0.1, 0.15) is 0 Å². The van der Waals surface area contributed by atoms with E-state index in [-0.39, 0.29) is 5.60 Å². The summed E-state index contributed by atoms with van der Waals surface area (Å²) in [5.74, 6) is 0.699. The third-order valence-electron chi connectivity index (χ3n) is 3.46. The molecular formula is C15H31NO. The van der Waals surface area contributed by atoms with Crippen LogP contribution in [0.1, 0.15) is 60.8 Å². The smallest absolute Gasteiger partial charge is 0.0598 e. The number of hydrogen-bond acceptors (Lipinski definition) is 2. The van der Waals surface area contributed by atoms with Crippen molar-refractivity contribution >= 4 is 0 Å². The van der Waals surface area contributed by atoms with Gasteiger partial charge in [0.2, 0.25) is 0 Å². The lowest BCUT2D eigenvalue weighted by Gasteiger charge is -2.32. The van der Waals surface area contributed by atoms with Crippen LogP contribution in [0.3, 0.4) is 0 Å².